The van der Waals surface area contributed by atoms with Gasteiger partial charge < -0.3 is 15.5 Å². The Morgan fingerprint density at radius 2 is 1.64 bits per heavy atom. The lowest BCUT2D eigenvalue weighted by atomic mass is 9.92. The van der Waals surface area contributed by atoms with Crippen molar-refractivity contribution in [2.24, 2.45) is 17.3 Å². The quantitative estimate of drug-likeness (QED) is 0.575. The van der Waals surface area contributed by atoms with Gasteiger partial charge in [-0.2, -0.15) is 0 Å². The topological polar surface area (TPSA) is 52.5 Å². The number of nitrogens with one attached hydrogen (secondary N) is 1. The van der Waals surface area contributed by atoms with E-state index < -0.39 is 5.41 Å². The molecule has 0 rings (SSSR count). The zero-order valence-electron chi connectivity index (χ0n) is 9.88. The molecule has 3 N–H and O–H groups in total. The molecule has 0 amide bonds. The van der Waals surface area contributed by atoms with E-state index in [1.54, 1.807) is 0 Å². The van der Waals surface area contributed by atoms with Crippen LogP contribution in [0.5, 0.6) is 0 Å². The molecule has 0 radical (unpaired) electrons. The van der Waals surface area contributed by atoms with Crippen LogP contribution in [0.15, 0.2) is 0 Å². The largest absolute Gasteiger partial charge is 0.396 e. The maximum absolute atomic E-state index is 9.06. The minimum atomic E-state index is -0.392. The Morgan fingerprint density at radius 3 is 2.00 bits per heavy atom. The van der Waals surface area contributed by atoms with E-state index in [4.69, 9.17) is 10.2 Å². The standard InChI is InChI=1S/C11H25NO2/c1-9(2)10(3)5-12-6-11(4,7-13)8-14/h9-10,12-14H,5-8H2,1-4H3. The summed E-state index contributed by atoms with van der Waals surface area (Å²) in [5.41, 5.74) is -0.392. The average molecular weight is 203 g/mol. The van der Waals surface area contributed by atoms with Crippen LogP contribution in [-0.2, 0) is 0 Å². The number of hydrogen-bond acceptors (Lipinski definition) is 3. The molecule has 0 heterocycles. The molecular weight excluding hydrogens is 178 g/mol. The first-order chi connectivity index (χ1) is 6.45. The van der Waals surface area contributed by atoms with Gasteiger partial charge in [0.05, 0.1) is 13.2 Å². The second-order valence-corrected chi connectivity index (χ2v) is 4.98. The van der Waals surface area contributed by atoms with Gasteiger partial charge in [-0.05, 0) is 18.4 Å². The van der Waals surface area contributed by atoms with Gasteiger partial charge in [-0.1, -0.05) is 27.7 Å². The molecule has 0 fully saturated rings. The van der Waals surface area contributed by atoms with Crippen molar-refractivity contribution in [3.05, 3.63) is 0 Å². The Morgan fingerprint density at radius 1 is 1.14 bits per heavy atom. The molecule has 14 heavy (non-hydrogen) atoms. The van der Waals surface area contributed by atoms with Gasteiger partial charge in [0, 0.05) is 12.0 Å². The molecule has 0 aromatic heterocycles. The highest BCUT2D eigenvalue weighted by molar-refractivity contribution is 4.75. The molecule has 1 atom stereocenters. The molecule has 0 aliphatic heterocycles. The van der Waals surface area contributed by atoms with Crippen molar-refractivity contribution in [1.82, 2.24) is 5.32 Å². The maximum atomic E-state index is 9.06. The molecule has 0 bridgehead atoms. The Kier molecular flexibility index (Phi) is 6.33. The number of hydrogen-bond donors (Lipinski definition) is 3. The highest BCUT2D eigenvalue weighted by Gasteiger charge is 2.22. The summed E-state index contributed by atoms with van der Waals surface area (Å²) >= 11 is 0. The summed E-state index contributed by atoms with van der Waals surface area (Å²) < 4.78 is 0. The normalized spacial score (nSPS) is 14.8. The van der Waals surface area contributed by atoms with Gasteiger partial charge in [0.25, 0.3) is 0 Å². The van der Waals surface area contributed by atoms with E-state index >= 15 is 0 Å². The minimum absolute atomic E-state index is 0.0204. The summed E-state index contributed by atoms with van der Waals surface area (Å²) in [5, 5.41) is 21.4. The second kappa shape index (κ2) is 6.38. The zero-order chi connectivity index (χ0) is 11.2. The van der Waals surface area contributed by atoms with Crippen LogP contribution in [0.1, 0.15) is 27.7 Å². The Bertz CT molecular complexity index is 144. The van der Waals surface area contributed by atoms with Crippen LogP contribution >= 0.6 is 0 Å². The number of aliphatic hydroxyl groups is 2. The predicted molar refractivity (Wildman–Crippen MR) is 59.2 cm³/mol. The molecule has 0 aromatic carbocycles. The third-order valence-electron chi connectivity index (χ3n) is 2.92. The molecule has 0 spiro atoms. The van der Waals surface area contributed by atoms with Gasteiger partial charge >= 0.3 is 0 Å². The molecule has 1 unspecified atom stereocenters. The molecule has 3 nitrogen and oxygen atoms in total. The average Bonchev–Trinajstić information content (AvgIpc) is 2.17. The third-order valence-corrected chi connectivity index (χ3v) is 2.92. The van der Waals surface area contributed by atoms with Crippen LogP contribution < -0.4 is 5.32 Å². The molecule has 3 heteroatoms. The van der Waals surface area contributed by atoms with Crippen LogP contribution in [0.25, 0.3) is 0 Å². The summed E-state index contributed by atoms with van der Waals surface area (Å²) in [6.07, 6.45) is 0. The summed E-state index contributed by atoms with van der Waals surface area (Å²) in [4.78, 5) is 0. The summed E-state index contributed by atoms with van der Waals surface area (Å²) in [5.74, 6) is 1.29. The van der Waals surface area contributed by atoms with Crippen LogP contribution in [0.4, 0.5) is 0 Å². The van der Waals surface area contributed by atoms with Crippen molar-refractivity contribution in [3.8, 4) is 0 Å². The minimum Gasteiger partial charge on any atom is -0.396 e. The fourth-order valence-electron chi connectivity index (χ4n) is 0.999. The van der Waals surface area contributed by atoms with Crippen molar-refractivity contribution < 1.29 is 10.2 Å². The Labute approximate surface area is 87.5 Å². The van der Waals surface area contributed by atoms with Crippen LogP contribution in [0, 0.1) is 17.3 Å². The first-order valence-corrected chi connectivity index (χ1v) is 5.37. The van der Waals surface area contributed by atoms with Crippen LogP contribution in [-0.4, -0.2) is 36.5 Å². The zero-order valence-corrected chi connectivity index (χ0v) is 9.88. The van der Waals surface area contributed by atoms with Crippen molar-refractivity contribution in [1.29, 1.82) is 0 Å². The highest BCUT2D eigenvalue weighted by Crippen LogP contribution is 2.13. The van der Waals surface area contributed by atoms with E-state index in [1.807, 2.05) is 6.92 Å². The van der Waals surface area contributed by atoms with Crippen molar-refractivity contribution in [3.63, 3.8) is 0 Å². The van der Waals surface area contributed by atoms with E-state index in [1.165, 1.54) is 0 Å². The van der Waals surface area contributed by atoms with E-state index in [-0.39, 0.29) is 13.2 Å². The lowest BCUT2D eigenvalue weighted by Gasteiger charge is -2.26. The second-order valence-electron chi connectivity index (χ2n) is 4.98. The van der Waals surface area contributed by atoms with Gasteiger partial charge in [0.2, 0.25) is 0 Å². The summed E-state index contributed by atoms with van der Waals surface area (Å²) in [6, 6.07) is 0. The van der Waals surface area contributed by atoms with E-state index in [0.717, 1.165) is 6.54 Å². The smallest absolute Gasteiger partial charge is 0.0518 e. The lowest BCUT2D eigenvalue weighted by Crippen LogP contribution is -2.39. The molecule has 0 aliphatic carbocycles. The Balaban J connectivity index is 3.72. The van der Waals surface area contributed by atoms with Crippen molar-refractivity contribution in [2.45, 2.75) is 27.7 Å². The fraction of sp³-hybridized carbons (Fsp3) is 1.00. The maximum Gasteiger partial charge on any atom is 0.0518 e. The molecule has 0 saturated heterocycles. The molecule has 0 saturated carbocycles. The molecule has 0 aliphatic rings. The SMILES string of the molecule is CC(C)C(C)CNCC(C)(CO)CO. The summed E-state index contributed by atoms with van der Waals surface area (Å²) in [6.45, 7) is 10.1. The molecule has 86 valence electrons. The number of rotatable bonds is 7. The highest BCUT2D eigenvalue weighted by atomic mass is 16.3. The fourth-order valence-corrected chi connectivity index (χ4v) is 0.999. The van der Waals surface area contributed by atoms with Gasteiger partial charge in [0.15, 0.2) is 0 Å². The Hall–Kier alpha value is -0.120. The van der Waals surface area contributed by atoms with Gasteiger partial charge in [-0.25, -0.2) is 0 Å². The first-order valence-electron chi connectivity index (χ1n) is 5.37. The summed E-state index contributed by atoms with van der Waals surface area (Å²) in [7, 11) is 0. The molecule has 0 aromatic rings. The molecular formula is C11H25NO2. The van der Waals surface area contributed by atoms with Crippen LogP contribution in [0.3, 0.4) is 0 Å². The van der Waals surface area contributed by atoms with Gasteiger partial charge in [-0.3, -0.25) is 0 Å². The van der Waals surface area contributed by atoms with Crippen molar-refractivity contribution >= 4 is 0 Å². The van der Waals surface area contributed by atoms with Crippen molar-refractivity contribution in [2.75, 3.05) is 26.3 Å². The van der Waals surface area contributed by atoms with E-state index in [9.17, 15) is 0 Å². The monoisotopic (exact) mass is 203 g/mol. The van der Waals surface area contributed by atoms with E-state index in [0.29, 0.717) is 18.4 Å². The first kappa shape index (κ1) is 13.9. The number of aliphatic hydroxyl groups excluding tert-OH is 2. The van der Waals surface area contributed by atoms with Gasteiger partial charge in [-0.15, -0.1) is 0 Å². The van der Waals surface area contributed by atoms with E-state index in [2.05, 4.69) is 26.1 Å². The van der Waals surface area contributed by atoms with Gasteiger partial charge in [0.1, 0.15) is 0 Å². The van der Waals surface area contributed by atoms with Crippen LogP contribution in [0.2, 0.25) is 0 Å². The predicted octanol–water partition coefficient (Wildman–Crippen LogP) is 0.859. The third kappa shape index (κ3) is 4.94. The lowest BCUT2D eigenvalue weighted by molar-refractivity contribution is 0.0687.